The van der Waals surface area contributed by atoms with Crippen LogP contribution in [0.3, 0.4) is 0 Å². The largest absolute Gasteiger partial charge is 0.507 e. The van der Waals surface area contributed by atoms with Gasteiger partial charge in [-0.3, -0.25) is 14.4 Å². The number of Topliss-reactive ketones (excluding diaryl/α,β-unsaturated/α-hetero) is 2. The Morgan fingerprint density at radius 3 is 2.35 bits per heavy atom. The lowest BCUT2D eigenvalue weighted by molar-refractivity contribution is -0.340. The molecule has 1 aliphatic carbocycles. The summed E-state index contributed by atoms with van der Waals surface area (Å²) in [5, 5.41) is 70.9. The predicted octanol–water partition coefficient (Wildman–Crippen LogP) is -0.962. The molecule has 2 fully saturated rings. The highest BCUT2D eigenvalue weighted by Gasteiger charge is 2.77. The van der Waals surface area contributed by atoms with Crippen LogP contribution in [0.25, 0.3) is 22.3 Å². The first-order valence-corrected chi connectivity index (χ1v) is 10.9. The zero-order valence-corrected chi connectivity index (χ0v) is 18.7. The smallest absolute Gasteiger partial charge is 0.310 e. The van der Waals surface area contributed by atoms with Gasteiger partial charge in [-0.05, 0) is 18.2 Å². The molecule has 3 aromatic rings. The Balaban J connectivity index is 1.65. The molecule has 194 valence electrons. The molecule has 13 heteroatoms. The molecule has 5 atom stereocenters. The van der Waals surface area contributed by atoms with Crippen molar-refractivity contribution in [2.75, 3.05) is 6.61 Å². The van der Waals surface area contributed by atoms with Gasteiger partial charge in [0.15, 0.2) is 22.7 Å². The van der Waals surface area contributed by atoms with Crippen molar-refractivity contribution in [1.29, 1.82) is 0 Å². The molecule has 5 rings (SSSR count). The molecule has 37 heavy (non-hydrogen) atoms. The second-order valence-electron chi connectivity index (χ2n) is 8.78. The number of hydrogen-bond donors (Lipinski definition) is 7. The van der Waals surface area contributed by atoms with Gasteiger partial charge in [0, 0.05) is 23.8 Å². The number of hydrogen-bond acceptors (Lipinski definition) is 13. The molecule has 1 unspecified atom stereocenters. The van der Waals surface area contributed by atoms with E-state index in [0.717, 1.165) is 30.3 Å². The average molecular weight is 516 g/mol. The number of fused-ring (bicyclic) bond motifs is 2. The molecule has 2 heterocycles. The number of benzene rings is 2. The SMILES string of the molecule is O=C1CC(=O)[C@@]2(O)[C@@H](O)[C@H](O)[C@@H](CO)OC12Oc1cc(O)c2c(=O)cc(-c3ccc(O)c(O)c3)oc2c1. The average Bonchev–Trinajstić information content (AvgIpc) is 3.03. The highest BCUT2D eigenvalue weighted by molar-refractivity contribution is 6.16. The molecule has 1 aliphatic heterocycles. The number of carbonyl (C=O) groups is 2. The van der Waals surface area contributed by atoms with Crippen LogP contribution in [0.2, 0.25) is 0 Å². The fourth-order valence-corrected chi connectivity index (χ4v) is 4.63. The summed E-state index contributed by atoms with van der Waals surface area (Å²) in [6, 6.07) is 6.58. The third-order valence-corrected chi connectivity index (χ3v) is 6.55. The van der Waals surface area contributed by atoms with E-state index in [4.69, 9.17) is 13.9 Å². The topological polar surface area (TPSA) is 224 Å². The quantitative estimate of drug-likeness (QED) is 0.164. The number of aliphatic hydroxyl groups excluding tert-OH is 3. The van der Waals surface area contributed by atoms with Crippen molar-refractivity contribution in [3.05, 3.63) is 46.6 Å². The summed E-state index contributed by atoms with van der Waals surface area (Å²) in [6.07, 6.45) is -6.79. The zero-order valence-electron chi connectivity index (χ0n) is 18.7. The Morgan fingerprint density at radius 2 is 1.68 bits per heavy atom. The standard InChI is InChI=1S/C24H20O13/c25-8-17-21(32)22(33)23(34)18(30)7-19(31)24(23,37-17)36-10-4-13(28)20-14(29)6-15(35-16(20)5-10)9-1-2-11(26)12(27)3-9/h1-6,17,21-22,25-28,32-34H,7-8H2/t17-,21-,22+,23-,24?/m1/s1. The Labute approximate surface area is 206 Å². The third kappa shape index (κ3) is 3.40. The molecule has 0 bridgehead atoms. The summed E-state index contributed by atoms with van der Waals surface area (Å²) in [7, 11) is 0. The van der Waals surface area contributed by atoms with Crippen molar-refractivity contribution in [2.45, 2.75) is 36.1 Å². The molecule has 0 radical (unpaired) electrons. The van der Waals surface area contributed by atoms with Crippen LogP contribution in [0.4, 0.5) is 0 Å². The normalized spacial score (nSPS) is 29.5. The van der Waals surface area contributed by atoms with E-state index >= 15 is 0 Å². The number of ketones is 2. The van der Waals surface area contributed by atoms with Crippen molar-refractivity contribution in [2.24, 2.45) is 0 Å². The highest BCUT2D eigenvalue weighted by atomic mass is 16.7. The fourth-order valence-electron chi connectivity index (χ4n) is 4.63. The van der Waals surface area contributed by atoms with Crippen molar-refractivity contribution < 1.29 is 59.2 Å². The van der Waals surface area contributed by atoms with Crippen molar-refractivity contribution in [3.8, 4) is 34.3 Å². The van der Waals surface area contributed by atoms with E-state index in [1.165, 1.54) is 6.07 Å². The lowest BCUT2D eigenvalue weighted by atomic mass is 9.80. The van der Waals surface area contributed by atoms with Gasteiger partial charge >= 0.3 is 5.79 Å². The van der Waals surface area contributed by atoms with Crippen LogP contribution in [0.5, 0.6) is 23.0 Å². The molecular formula is C24H20O13. The van der Waals surface area contributed by atoms with Crippen LogP contribution in [0.1, 0.15) is 6.42 Å². The Hall–Kier alpha value is -4.01. The number of rotatable bonds is 4. The van der Waals surface area contributed by atoms with Crippen LogP contribution in [0, 0.1) is 0 Å². The monoisotopic (exact) mass is 516 g/mol. The maximum absolute atomic E-state index is 12.9. The number of aliphatic hydroxyl groups is 4. The van der Waals surface area contributed by atoms with Crippen LogP contribution < -0.4 is 10.2 Å². The molecule has 0 amide bonds. The summed E-state index contributed by atoms with van der Waals surface area (Å²) in [5.74, 6) is -7.34. The molecule has 0 spiro atoms. The van der Waals surface area contributed by atoms with E-state index < -0.39 is 82.7 Å². The minimum absolute atomic E-state index is 0.0843. The van der Waals surface area contributed by atoms with E-state index in [0.29, 0.717) is 0 Å². The van der Waals surface area contributed by atoms with Gasteiger partial charge in [-0.15, -0.1) is 0 Å². The summed E-state index contributed by atoms with van der Waals surface area (Å²) >= 11 is 0. The highest BCUT2D eigenvalue weighted by Crippen LogP contribution is 2.47. The summed E-state index contributed by atoms with van der Waals surface area (Å²) in [5.41, 5.74) is -3.87. The second-order valence-corrected chi connectivity index (χ2v) is 8.78. The van der Waals surface area contributed by atoms with E-state index in [2.05, 4.69) is 0 Å². The van der Waals surface area contributed by atoms with Crippen molar-refractivity contribution in [1.82, 2.24) is 0 Å². The van der Waals surface area contributed by atoms with E-state index in [9.17, 15) is 50.1 Å². The summed E-state index contributed by atoms with van der Waals surface area (Å²) in [6.45, 7) is -0.915. The Kier molecular flexibility index (Phi) is 5.51. The molecular weight excluding hydrogens is 496 g/mol. The van der Waals surface area contributed by atoms with Crippen LogP contribution >= 0.6 is 0 Å². The maximum Gasteiger partial charge on any atom is 0.310 e. The van der Waals surface area contributed by atoms with Gasteiger partial charge in [0.25, 0.3) is 0 Å². The second kappa shape index (κ2) is 8.26. The lowest BCUT2D eigenvalue weighted by Gasteiger charge is -2.49. The van der Waals surface area contributed by atoms with Gasteiger partial charge in [-0.25, -0.2) is 0 Å². The maximum atomic E-state index is 12.9. The van der Waals surface area contributed by atoms with E-state index in [-0.39, 0.29) is 22.3 Å². The Bertz CT molecular complexity index is 1510. The van der Waals surface area contributed by atoms with E-state index in [1.54, 1.807) is 0 Å². The van der Waals surface area contributed by atoms with Gasteiger partial charge in [0.05, 0.1) is 13.0 Å². The number of phenolic OH excluding ortho intramolecular Hbond substituents is 3. The first kappa shape index (κ1) is 24.7. The zero-order chi connectivity index (χ0) is 26.9. The molecule has 13 nitrogen and oxygen atoms in total. The lowest BCUT2D eigenvalue weighted by Crippen LogP contribution is -2.76. The van der Waals surface area contributed by atoms with E-state index in [1.807, 2.05) is 0 Å². The summed E-state index contributed by atoms with van der Waals surface area (Å²) < 4.78 is 16.7. The van der Waals surface area contributed by atoms with Crippen LogP contribution in [-0.2, 0) is 14.3 Å². The number of carbonyl (C=O) groups excluding carboxylic acids is 2. The Morgan fingerprint density at radius 1 is 0.946 bits per heavy atom. The molecule has 1 aromatic heterocycles. The first-order chi connectivity index (χ1) is 17.4. The van der Waals surface area contributed by atoms with Gasteiger partial charge in [0.1, 0.15) is 46.5 Å². The van der Waals surface area contributed by atoms with Gasteiger partial charge in [0.2, 0.25) is 11.4 Å². The summed E-state index contributed by atoms with van der Waals surface area (Å²) in [4.78, 5) is 38.1. The predicted molar refractivity (Wildman–Crippen MR) is 120 cm³/mol. The van der Waals surface area contributed by atoms with Gasteiger partial charge in [-0.1, -0.05) is 0 Å². The van der Waals surface area contributed by atoms with Gasteiger partial charge < -0.3 is 49.6 Å². The first-order valence-electron chi connectivity index (χ1n) is 10.9. The number of aromatic hydroxyl groups is 3. The number of ether oxygens (including phenoxy) is 2. The third-order valence-electron chi connectivity index (χ3n) is 6.55. The van der Waals surface area contributed by atoms with Crippen LogP contribution in [-0.4, -0.2) is 83.6 Å². The minimum atomic E-state index is -3.06. The van der Waals surface area contributed by atoms with Crippen molar-refractivity contribution >= 4 is 22.5 Å². The van der Waals surface area contributed by atoms with Crippen molar-refractivity contribution in [3.63, 3.8) is 0 Å². The van der Waals surface area contributed by atoms with Crippen LogP contribution in [0.15, 0.2) is 45.6 Å². The molecule has 1 saturated heterocycles. The van der Waals surface area contributed by atoms with Gasteiger partial charge in [-0.2, -0.15) is 0 Å². The molecule has 2 aromatic carbocycles. The minimum Gasteiger partial charge on any atom is -0.507 e. The number of phenols is 3. The fraction of sp³-hybridized carbons (Fsp3) is 0.292. The molecule has 1 saturated carbocycles. The molecule has 2 aliphatic rings. The molecule has 7 N–H and O–H groups in total.